The van der Waals surface area contributed by atoms with Crippen molar-refractivity contribution >= 4 is 48.6 Å². The second kappa shape index (κ2) is 13.4. The van der Waals surface area contributed by atoms with E-state index in [-0.39, 0.29) is 5.41 Å². The van der Waals surface area contributed by atoms with Crippen LogP contribution in [0.4, 0.5) is 17.1 Å². The molecule has 1 nitrogen and oxygen atoms in total. The topological polar surface area (TPSA) is 3.24 Å². The summed E-state index contributed by atoms with van der Waals surface area (Å²) < 4.78 is 2.63. The number of nitrogens with zero attached hydrogens (tertiary/aromatic N) is 1. The van der Waals surface area contributed by atoms with Crippen LogP contribution in [0.25, 0.3) is 64.7 Å². The van der Waals surface area contributed by atoms with E-state index >= 15 is 0 Å². The standard InChI is InChI=1S/C58H45NS/c1-2-9-39(10-3-1)41-21-25-46(26-22-41)59(48-29-30-51-50-11-5-7-16-55(50)60-56(51)36-48)47-27-23-42(24-28-47)40-17-19-43(20-18-40)49-13-8-15-54-57(49)52-12-4-6-14-53(52)58(54)44-32-37-31-38(34-44)35-45(58)33-37/h1-30,36-38,44-45H,31-35H2. The second-order valence-electron chi connectivity index (χ2n) is 18.1. The number of anilines is 3. The third kappa shape index (κ3) is 5.17. The summed E-state index contributed by atoms with van der Waals surface area (Å²) in [6.45, 7) is 0. The summed E-state index contributed by atoms with van der Waals surface area (Å²) in [5, 5.41) is 2.64. The highest BCUT2D eigenvalue weighted by Crippen LogP contribution is 2.70. The van der Waals surface area contributed by atoms with Gasteiger partial charge in [-0.25, -0.2) is 0 Å². The van der Waals surface area contributed by atoms with Crippen LogP contribution in [0.2, 0.25) is 0 Å². The number of thiophene rings is 1. The molecule has 2 heteroatoms. The van der Waals surface area contributed by atoms with Gasteiger partial charge in [-0.1, -0.05) is 146 Å². The van der Waals surface area contributed by atoms with Gasteiger partial charge in [-0.15, -0.1) is 11.3 Å². The molecule has 5 aliphatic carbocycles. The molecule has 0 unspecified atom stereocenters. The molecule has 9 aromatic rings. The Morgan fingerprint density at radius 2 is 0.900 bits per heavy atom. The van der Waals surface area contributed by atoms with Gasteiger partial charge in [-0.2, -0.15) is 0 Å². The lowest BCUT2D eigenvalue weighted by molar-refractivity contribution is -0.0399. The molecule has 1 spiro atoms. The first-order valence-corrected chi connectivity index (χ1v) is 22.8. The summed E-state index contributed by atoms with van der Waals surface area (Å²) in [4.78, 5) is 2.40. The molecule has 0 radical (unpaired) electrons. The van der Waals surface area contributed by atoms with E-state index in [4.69, 9.17) is 0 Å². The van der Waals surface area contributed by atoms with E-state index < -0.39 is 0 Å². The molecular formula is C58H45NS. The number of fused-ring (bicyclic) bond motifs is 6. The van der Waals surface area contributed by atoms with Gasteiger partial charge in [0, 0.05) is 42.6 Å². The van der Waals surface area contributed by atoms with E-state index in [0.717, 1.165) is 40.7 Å². The Labute approximate surface area is 356 Å². The first-order chi connectivity index (χ1) is 29.7. The molecule has 1 aromatic heterocycles. The number of rotatable bonds is 6. The van der Waals surface area contributed by atoms with Crippen LogP contribution < -0.4 is 4.90 Å². The van der Waals surface area contributed by atoms with Crippen molar-refractivity contribution in [3.05, 3.63) is 199 Å². The predicted octanol–water partition coefficient (Wildman–Crippen LogP) is 16.2. The van der Waals surface area contributed by atoms with Crippen molar-refractivity contribution in [1.82, 2.24) is 0 Å². The zero-order valence-electron chi connectivity index (χ0n) is 33.6. The van der Waals surface area contributed by atoms with Gasteiger partial charge in [-0.3, -0.25) is 0 Å². The smallest absolute Gasteiger partial charge is 0.0476 e. The third-order valence-electron chi connectivity index (χ3n) is 15.1. The zero-order valence-corrected chi connectivity index (χ0v) is 34.4. The first-order valence-electron chi connectivity index (χ1n) is 22.0. The third-order valence-corrected chi connectivity index (χ3v) is 16.2. The van der Waals surface area contributed by atoms with E-state index in [1.165, 1.54) is 96.8 Å². The maximum atomic E-state index is 2.51. The lowest BCUT2D eigenvalue weighted by atomic mass is 9.43. The van der Waals surface area contributed by atoms with Crippen LogP contribution in [0.15, 0.2) is 188 Å². The molecule has 4 saturated carbocycles. The van der Waals surface area contributed by atoms with Crippen molar-refractivity contribution in [2.45, 2.75) is 37.5 Å². The van der Waals surface area contributed by atoms with E-state index in [9.17, 15) is 0 Å². The van der Waals surface area contributed by atoms with E-state index in [2.05, 4.69) is 193 Å². The van der Waals surface area contributed by atoms with E-state index in [1.54, 1.807) is 11.1 Å². The molecule has 0 amide bonds. The molecule has 4 fully saturated rings. The predicted molar refractivity (Wildman–Crippen MR) is 254 cm³/mol. The molecule has 288 valence electrons. The Bertz CT molecular complexity index is 3050. The molecule has 4 bridgehead atoms. The fraction of sp³-hybridized carbons (Fsp3) is 0.172. The van der Waals surface area contributed by atoms with Gasteiger partial charge in [0.2, 0.25) is 0 Å². The van der Waals surface area contributed by atoms with E-state index in [1.807, 2.05) is 11.3 Å². The fourth-order valence-corrected chi connectivity index (χ4v) is 14.0. The molecule has 0 saturated heterocycles. The molecule has 0 aliphatic heterocycles. The Morgan fingerprint density at radius 3 is 1.60 bits per heavy atom. The SMILES string of the molecule is c1ccc(-c2ccc(N(c3ccc(-c4ccc(-c5cccc6c5-c5ccccc5C65C6CC7CC(C6)CC5C7)cc4)cc3)c3ccc4c(c3)sc3ccccc34)cc2)cc1. The monoisotopic (exact) mass is 787 g/mol. The zero-order chi connectivity index (χ0) is 39.4. The summed E-state index contributed by atoms with van der Waals surface area (Å²) in [6, 6.07) is 70.6. The first kappa shape index (κ1) is 34.6. The Kier molecular flexibility index (Phi) is 7.73. The van der Waals surface area contributed by atoms with E-state index in [0.29, 0.717) is 0 Å². The van der Waals surface area contributed by atoms with Crippen molar-refractivity contribution in [3.63, 3.8) is 0 Å². The Balaban J connectivity index is 0.852. The number of hydrogen-bond acceptors (Lipinski definition) is 2. The minimum absolute atomic E-state index is 0.193. The Morgan fingerprint density at radius 1 is 0.383 bits per heavy atom. The molecule has 60 heavy (non-hydrogen) atoms. The average Bonchev–Trinajstić information content (AvgIpc) is 3.82. The van der Waals surface area contributed by atoms with Gasteiger partial charge in [0.1, 0.15) is 0 Å². The lowest BCUT2D eigenvalue weighted by Gasteiger charge is -2.61. The second-order valence-corrected chi connectivity index (χ2v) is 19.2. The number of benzene rings is 8. The highest BCUT2D eigenvalue weighted by molar-refractivity contribution is 7.25. The summed E-state index contributed by atoms with van der Waals surface area (Å²) in [5.41, 5.74) is 17.5. The summed E-state index contributed by atoms with van der Waals surface area (Å²) in [7, 11) is 0. The van der Waals surface area contributed by atoms with Gasteiger partial charge in [0.15, 0.2) is 0 Å². The molecule has 0 atom stereocenters. The van der Waals surface area contributed by atoms with Crippen LogP contribution in [0.3, 0.4) is 0 Å². The highest BCUT2D eigenvalue weighted by Gasteiger charge is 2.61. The van der Waals surface area contributed by atoms with Crippen molar-refractivity contribution in [2.75, 3.05) is 4.90 Å². The minimum Gasteiger partial charge on any atom is -0.310 e. The van der Waals surface area contributed by atoms with Crippen LogP contribution in [0.5, 0.6) is 0 Å². The van der Waals surface area contributed by atoms with Crippen LogP contribution in [0, 0.1) is 23.7 Å². The van der Waals surface area contributed by atoms with Gasteiger partial charge < -0.3 is 4.90 Å². The van der Waals surface area contributed by atoms with Crippen LogP contribution in [0.1, 0.15) is 43.2 Å². The molecule has 0 N–H and O–H groups in total. The highest BCUT2D eigenvalue weighted by atomic mass is 32.1. The summed E-state index contributed by atoms with van der Waals surface area (Å²) in [6.07, 6.45) is 7.14. The molecule has 1 heterocycles. The fourth-order valence-electron chi connectivity index (χ4n) is 12.8. The van der Waals surface area contributed by atoms with Crippen LogP contribution >= 0.6 is 11.3 Å². The van der Waals surface area contributed by atoms with Crippen molar-refractivity contribution in [2.24, 2.45) is 23.7 Å². The Hall–Kier alpha value is -6.22. The average molecular weight is 788 g/mol. The summed E-state index contributed by atoms with van der Waals surface area (Å²) >= 11 is 1.87. The largest absolute Gasteiger partial charge is 0.310 e. The molecular weight excluding hydrogens is 743 g/mol. The molecule has 5 aliphatic rings. The van der Waals surface area contributed by atoms with Gasteiger partial charge in [0.25, 0.3) is 0 Å². The molecule has 8 aromatic carbocycles. The summed E-state index contributed by atoms with van der Waals surface area (Å²) in [5.74, 6) is 3.45. The van der Waals surface area contributed by atoms with Gasteiger partial charge in [-0.05, 0) is 154 Å². The van der Waals surface area contributed by atoms with Crippen LogP contribution in [-0.2, 0) is 5.41 Å². The minimum atomic E-state index is 0.193. The number of hydrogen-bond donors (Lipinski definition) is 0. The molecule has 14 rings (SSSR count). The van der Waals surface area contributed by atoms with Crippen molar-refractivity contribution in [3.8, 4) is 44.5 Å². The van der Waals surface area contributed by atoms with Gasteiger partial charge in [0.05, 0.1) is 0 Å². The normalized spacial score (nSPS) is 22.1. The maximum Gasteiger partial charge on any atom is 0.0476 e. The van der Waals surface area contributed by atoms with Crippen molar-refractivity contribution in [1.29, 1.82) is 0 Å². The van der Waals surface area contributed by atoms with Crippen LogP contribution in [-0.4, -0.2) is 0 Å². The van der Waals surface area contributed by atoms with Gasteiger partial charge >= 0.3 is 0 Å². The maximum absolute atomic E-state index is 2.51. The van der Waals surface area contributed by atoms with Crippen molar-refractivity contribution < 1.29 is 0 Å². The lowest BCUT2D eigenvalue weighted by Crippen LogP contribution is -2.55. The quantitative estimate of drug-likeness (QED) is 0.162.